The molecule has 126 valence electrons. The van der Waals surface area contributed by atoms with Gasteiger partial charge >= 0.3 is 5.97 Å². The molecule has 0 aliphatic heterocycles. The van der Waals surface area contributed by atoms with Crippen LogP contribution in [0, 0.1) is 0 Å². The first-order valence-electron chi connectivity index (χ1n) is 8.20. The zero-order valence-electron chi connectivity index (χ0n) is 13.7. The van der Waals surface area contributed by atoms with Crippen molar-refractivity contribution in [3.63, 3.8) is 0 Å². The van der Waals surface area contributed by atoms with Crippen molar-refractivity contribution in [2.45, 2.75) is 32.3 Å². The van der Waals surface area contributed by atoms with Gasteiger partial charge in [-0.3, -0.25) is 14.4 Å². The minimum Gasteiger partial charge on any atom is -0.507 e. The molecule has 2 aromatic carbocycles. The van der Waals surface area contributed by atoms with Crippen molar-refractivity contribution in [2.24, 2.45) is 0 Å². The fourth-order valence-corrected chi connectivity index (χ4v) is 3.78. The molecule has 0 aromatic heterocycles. The minimum atomic E-state index is -0.351. The third kappa shape index (κ3) is 2.35. The second kappa shape index (κ2) is 5.55. The van der Waals surface area contributed by atoms with E-state index in [4.69, 9.17) is 4.74 Å². The first-order valence-corrected chi connectivity index (χ1v) is 8.20. The van der Waals surface area contributed by atoms with Crippen molar-refractivity contribution in [1.82, 2.24) is 0 Å². The van der Waals surface area contributed by atoms with Crippen molar-refractivity contribution in [2.75, 3.05) is 0 Å². The summed E-state index contributed by atoms with van der Waals surface area (Å²) in [7, 11) is 0. The Kier molecular flexibility index (Phi) is 3.46. The average molecular weight is 336 g/mol. The quantitative estimate of drug-likeness (QED) is 0.691. The summed E-state index contributed by atoms with van der Waals surface area (Å²) in [6.45, 7) is 1.36. The molecular weight excluding hydrogens is 320 g/mol. The Morgan fingerprint density at radius 3 is 2.48 bits per heavy atom. The summed E-state index contributed by atoms with van der Waals surface area (Å²) in [5.74, 6) is -1.05. The Balaban J connectivity index is 1.84. The van der Waals surface area contributed by atoms with Gasteiger partial charge in [-0.05, 0) is 30.0 Å². The van der Waals surface area contributed by atoms with Gasteiger partial charge in [-0.2, -0.15) is 0 Å². The molecule has 0 heterocycles. The highest BCUT2D eigenvalue weighted by atomic mass is 16.5. The molecule has 0 radical (unpaired) electrons. The van der Waals surface area contributed by atoms with Crippen molar-refractivity contribution < 1.29 is 24.2 Å². The predicted molar refractivity (Wildman–Crippen MR) is 89.0 cm³/mol. The fourth-order valence-electron chi connectivity index (χ4n) is 3.78. The number of carbonyl (C=O) groups excluding carboxylic acids is 3. The predicted octanol–water partition coefficient (Wildman–Crippen LogP) is 2.59. The monoisotopic (exact) mass is 336 g/mol. The van der Waals surface area contributed by atoms with Gasteiger partial charge in [0.15, 0.2) is 11.6 Å². The van der Waals surface area contributed by atoms with Crippen molar-refractivity contribution in [1.29, 1.82) is 0 Å². The normalized spacial score (nSPS) is 18.2. The zero-order chi connectivity index (χ0) is 17.7. The summed E-state index contributed by atoms with van der Waals surface area (Å²) in [5.41, 5.74) is 2.42. The van der Waals surface area contributed by atoms with E-state index in [2.05, 4.69) is 0 Å². The van der Waals surface area contributed by atoms with Crippen LogP contribution in [0.4, 0.5) is 0 Å². The molecule has 2 aliphatic rings. The summed E-state index contributed by atoms with van der Waals surface area (Å²) in [6, 6.07) is 8.32. The number of hydrogen-bond donors (Lipinski definition) is 1. The third-order valence-electron chi connectivity index (χ3n) is 4.88. The molecule has 1 unspecified atom stereocenters. The molecule has 25 heavy (non-hydrogen) atoms. The van der Waals surface area contributed by atoms with E-state index in [1.54, 1.807) is 30.3 Å². The molecule has 2 aromatic rings. The first kappa shape index (κ1) is 15.6. The van der Waals surface area contributed by atoms with Crippen LogP contribution in [-0.2, 0) is 22.4 Å². The number of phenols is 1. The van der Waals surface area contributed by atoms with Crippen LogP contribution in [0.2, 0.25) is 0 Å². The number of hydrogen-bond acceptors (Lipinski definition) is 5. The van der Waals surface area contributed by atoms with E-state index in [1.807, 2.05) is 0 Å². The topological polar surface area (TPSA) is 80.7 Å². The molecule has 0 saturated heterocycles. The molecule has 0 amide bonds. The van der Waals surface area contributed by atoms with Crippen LogP contribution in [-0.4, -0.2) is 28.7 Å². The number of esters is 1. The van der Waals surface area contributed by atoms with Crippen LogP contribution in [0.15, 0.2) is 30.3 Å². The van der Waals surface area contributed by atoms with Crippen LogP contribution < -0.4 is 0 Å². The summed E-state index contributed by atoms with van der Waals surface area (Å²) >= 11 is 0. The van der Waals surface area contributed by atoms with E-state index in [1.165, 1.54) is 6.92 Å². The lowest BCUT2D eigenvalue weighted by molar-refractivity contribution is -0.146. The van der Waals surface area contributed by atoms with E-state index >= 15 is 0 Å². The van der Waals surface area contributed by atoms with Gasteiger partial charge in [-0.25, -0.2) is 0 Å². The highest BCUT2D eigenvalue weighted by Crippen LogP contribution is 2.39. The van der Waals surface area contributed by atoms with Crippen molar-refractivity contribution >= 4 is 17.5 Å². The molecule has 2 aliphatic carbocycles. The Labute approximate surface area is 144 Å². The molecule has 5 nitrogen and oxygen atoms in total. The standard InChI is InChI=1S/C20H16O5/c1-10(21)25-12-6-7-13-11(8-12)9-16-17(19(13)23)20(24)15-5-3-2-4-14(15)18(16)22/h2-5,9,12,23H,6-8H2,1H3. The molecule has 1 N–H and O–H groups in total. The van der Waals surface area contributed by atoms with Gasteiger partial charge in [-0.15, -0.1) is 0 Å². The largest absolute Gasteiger partial charge is 0.507 e. The number of carbonyl (C=O) groups is 3. The second-order valence-electron chi connectivity index (χ2n) is 6.46. The summed E-state index contributed by atoms with van der Waals surface area (Å²) in [5, 5.41) is 10.7. The molecule has 5 heteroatoms. The van der Waals surface area contributed by atoms with E-state index in [0.717, 1.165) is 5.56 Å². The number of aromatic hydroxyl groups is 1. The Bertz CT molecular complexity index is 941. The fraction of sp³-hybridized carbons (Fsp3) is 0.250. The molecule has 0 bridgehead atoms. The zero-order valence-corrected chi connectivity index (χ0v) is 13.7. The Morgan fingerprint density at radius 2 is 1.80 bits per heavy atom. The van der Waals surface area contributed by atoms with E-state index in [0.29, 0.717) is 36.0 Å². The van der Waals surface area contributed by atoms with Crippen LogP contribution in [0.25, 0.3) is 0 Å². The van der Waals surface area contributed by atoms with Gasteiger partial charge in [-0.1, -0.05) is 24.3 Å². The highest BCUT2D eigenvalue weighted by Gasteiger charge is 2.35. The lowest BCUT2D eigenvalue weighted by Gasteiger charge is -2.28. The van der Waals surface area contributed by atoms with Gasteiger partial charge in [0.2, 0.25) is 0 Å². The number of ether oxygens (including phenoxy) is 1. The van der Waals surface area contributed by atoms with Gasteiger partial charge < -0.3 is 9.84 Å². The SMILES string of the molecule is CC(=O)OC1CCc2c(cc3c(c2O)C(=O)c2ccccc2C3=O)C1. The number of phenolic OH excluding ortho intramolecular Hbond substituents is 1. The number of fused-ring (bicyclic) bond motifs is 3. The molecule has 4 rings (SSSR count). The van der Waals surface area contributed by atoms with Gasteiger partial charge in [0.1, 0.15) is 11.9 Å². The van der Waals surface area contributed by atoms with E-state index < -0.39 is 0 Å². The van der Waals surface area contributed by atoms with Gasteiger partial charge in [0.25, 0.3) is 0 Å². The first-order chi connectivity index (χ1) is 12.0. The number of benzene rings is 2. The average Bonchev–Trinajstić information content (AvgIpc) is 2.59. The van der Waals surface area contributed by atoms with Crippen molar-refractivity contribution in [3.8, 4) is 5.75 Å². The minimum absolute atomic E-state index is 0.0911. The molecular formula is C20H16O5. The van der Waals surface area contributed by atoms with Crippen molar-refractivity contribution in [3.05, 3.63) is 63.7 Å². The number of ketones is 2. The summed E-state index contributed by atoms with van der Waals surface area (Å²) < 4.78 is 5.26. The summed E-state index contributed by atoms with van der Waals surface area (Å²) in [4.78, 5) is 36.8. The smallest absolute Gasteiger partial charge is 0.302 e. The van der Waals surface area contributed by atoms with E-state index in [9.17, 15) is 19.5 Å². The molecule has 1 atom stereocenters. The Hall–Kier alpha value is -2.95. The van der Waals surface area contributed by atoms with Crippen LogP contribution in [0.3, 0.4) is 0 Å². The van der Waals surface area contributed by atoms with Gasteiger partial charge in [0.05, 0.1) is 5.56 Å². The number of rotatable bonds is 1. The van der Waals surface area contributed by atoms with Gasteiger partial charge in [0, 0.05) is 30.0 Å². The maximum atomic E-state index is 12.8. The lowest BCUT2D eigenvalue weighted by Crippen LogP contribution is -2.27. The second-order valence-corrected chi connectivity index (χ2v) is 6.46. The maximum absolute atomic E-state index is 12.8. The van der Waals surface area contributed by atoms with Crippen LogP contribution in [0.1, 0.15) is 56.3 Å². The van der Waals surface area contributed by atoms with Crippen LogP contribution in [0.5, 0.6) is 5.75 Å². The highest BCUT2D eigenvalue weighted by molar-refractivity contribution is 6.29. The third-order valence-corrected chi connectivity index (χ3v) is 4.88. The Morgan fingerprint density at radius 1 is 1.12 bits per heavy atom. The molecule has 0 spiro atoms. The lowest BCUT2D eigenvalue weighted by atomic mass is 9.78. The van der Waals surface area contributed by atoms with Crippen LogP contribution >= 0.6 is 0 Å². The van der Waals surface area contributed by atoms with E-state index in [-0.39, 0.29) is 40.5 Å². The molecule has 0 saturated carbocycles. The molecule has 0 fully saturated rings. The maximum Gasteiger partial charge on any atom is 0.302 e. The summed E-state index contributed by atoms with van der Waals surface area (Å²) in [6.07, 6.45) is 1.23.